The first-order valence-corrected chi connectivity index (χ1v) is 9.19. The molecule has 1 aromatic heterocycles. The fourth-order valence-corrected chi connectivity index (χ4v) is 3.37. The summed E-state index contributed by atoms with van der Waals surface area (Å²) in [6.45, 7) is 1.59. The van der Waals surface area contributed by atoms with Crippen molar-refractivity contribution in [2.45, 2.75) is 36.9 Å². The van der Waals surface area contributed by atoms with Crippen LogP contribution in [0.15, 0.2) is 11.4 Å². The number of hydrogen-bond donors (Lipinski definition) is 0. The van der Waals surface area contributed by atoms with Crippen LogP contribution in [0.4, 0.5) is 5.82 Å². The van der Waals surface area contributed by atoms with Gasteiger partial charge in [-0.1, -0.05) is 11.8 Å². The third kappa shape index (κ3) is 3.42. The first-order chi connectivity index (χ1) is 11.1. The highest BCUT2D eigenvalue weighted by atomic mass is 32.2. The Morgan fingerprint density at radius 2 is 2.26 bits per heavy atom. The van der Waals surface area contributed by atoms with Crippen LogP contribution in [-0.4, -0.2) is 53.2 Å². The number of carbonyl (C=O) groups is 1. The predicted octanol–water partition coefficient (Wildman–Crippen LogP) is 1.91. The summed E-state index contributed by atoms with van der Waals surface area (Å²) in [6.07, 6.45) is 7.58. The quantitative estimate of drug-likeness (QED) is 0.620. The van der Waals surface area contributed by atoms with E-state index in [1.807, 2.05) is 18.2 Å². The maximum Gasteiger partial charge on any atom is 0.225 e. The number of aromatic nitrogens is 2. The lowest BCUT2D eigenvalue weighted by Crippen LogP contribution is -2.49. The monoisotopic (exact) mass is 331 g/mol. The molecule has 1 atom stereocenters. The van der Waals surface area contributed by atoms with E-state index < -0.39 is 0 Å². The Kier molecular flexibility index (Phi) is 4.71. The van der Waals surface area contributed by atoms with Crippen molar-refractivity contribution in [3.63, 3.8) is 0 Å². The topological polar surface area (TPSA) is 73.1 Å². The number of rotatable bonds is 4. The molecule has 0 radical (unpaired) electrons. The van der Waals surface area contributed by atoms with Crippen LogP contribution in [0.25, 0.3) is 0 Å². The van der Waals surface area contributed by atoms with E-state index in [-0.39, 0.29) is 17.9 Å². The third-order valence-corrected chi connectivity index (χ3v) is 5.13. The number of thioether (sulfide) groups is 1. The molecule has 0 bridgehead atoms. The Labute approximate surface area is 140 Å². The van der Waals surface area contributed by atoms with E-state index >= 15 is 0 Å². The summed E-state index contributed by atoms with van der Waals surface area (Å²) in [7, 11) is 1.91. The number of nitriles is 1. The minimum atomic E-state index is 0.191. The summed E-state index contributed by atoms with van der Waals surface area (Å²) in [4.78, 5) is 25.0. The molecule has 1 amide bonds. The smallest absolute Gasteiger partial charge is 0.225 e. The van der Waals surface area contributed by atoms with Crippen LogP contribution in [0, 0.1) is 17.2 Å². The normalized spacial score (nSPS) is 20.9. The van der Waals surface area contributed by atoms with Crippen LogP contribution in [0.3, 0.4) is 0 Å². The van der Waals surface area contributed by atoms with Crippen molar-refractivity contribution in [2.24, 2.45) is 5.92 Å². The average Bonchev–Trinajstić information content (AvgIpc) is 3.45. The maximum atomic E-state index is 12.3. The van der Waals surface area contributed by atoms with Gasteiger partial charge in [-0.05, 0) is 31.9 Å². The maximum absolute atomic E-state index is 12.3. The molecule has 7 heteroatoms. The van der Waals surface area contributed by atoms with E-state index in [0.29, 0.717) is 16.5 Å². The molecular formula is C16H21N5OS. The standard InChI is InChI=1S/C16H21N5OS/c1-20(15(22)11-5-6-11)13-4-3-7-21(10-13)14-12(8-17)9-18-16(19-14)23-2/h9,11,13H,3-7,10H2,1-2H3. The molecule has 2 fully saturated rings. The van der Waals surface area contributed by atoms with Gasteiger partial charge in [0.15, 0.2) is 11.0 Å². The number of nitrogens with zero attached hydrogens (tertiary/aromatic N) is 5. The molecule has 1 aliphatic carbocycles. The summed E-state index contributed by atoms with van der Waals surface area (Å²) >= 11 is 1.47. The fraction of sp³-hybridized carbons (Fsp3) is 0.625. The second-order valence-corrected chi connectivity index (χ2v) is 6.94. The highest BCUT2D eigenvalue weighted by molar-refractivity contribution is 7.98. The lowest BCUT2D eigenvalue weighted by atomic mass is 10.0. The van der Waals surface area contributed by atoms with E-state index in [4.69, 9.17) is 0 Å². The van der Waals surface area contributed by atoms with Gasteiger partial charge in [0.2, 0.25) is 5.91 Å². The molecule has 1 aliphatic heterocycles. The van der Waals surface area contributed by atoms with Crippen molar-refractivity contribution >= 4 is 23.5 Å². The van der Waals surface area contributed by atoms with Gasteiger partial charge in [0.05, 0.1) is 6.20 Å². The largest absolute Gasteiger partial charge is 0.353 e. The Hall–Kier alpha value is -1.81. The van der Waals surface area contributed by atoms with Crippen LogP contribution in [-0.2, 0) is 4.79 Å². The van der Waals surface area contributed by atoms with Gasteiger partial charge < -0.3 is 9.80 Å². The highest BCUT2D eigenvalue weighted by Crippen LogP contribution is 2.32. The Morgan fingerprint density at radius 1 is 1.48 bits per heavy atom. The molecule has 1 aromatic rings. The van der Waals surface area contributed by atoms with Crippen LogP contribution in [0.2, 0.25) is 0 Å². The zero-order valence-electron chi connectivity index (χ0n) is 13.5. The molecule has 3 rings (SSSR count). The lowest BCUT2D eigenvalue weighted by molar-refractivity contribution is -0.133. The molecule has 23 heavy (non-hydrogen) atoms. The number of piperidine rings is 1. The Balaban J connectivity index is 1.78. The molecule has 0 spiro atoms. The van der Waals surface area contributed by atoms with Gasteiger partial charge in [0, 0.05) is 32.1 Å². The zero-order valence-corrected chi connectivity index (χ0v) is 14.3. The molecule has 2 heterocycles. The number of anilines is 1. The third-order valence-electron chi connectivity index (χ3n) is 4.57. The van der Waals surface area contributed by atoms with Crippen LogP contribution < -0.4 is 4.90 Å². The second kappa shape index (κ2) is 6.75. The minimum Gasteiger partial charge on any atom is -0.353 e. The summed E-state index contributed by atoms with van der Waals surface area (Å²) in [5.74, 6) is 1.21. The SMILES string of the molecule is CSc1ncc(C#N)c(N2CCCC(N(C)C(=O)C3CC3)C2)n1. The molecule has 0 N–H and O–H groups in total. The first kappa shape index (κ1) is 16.1. The van der Waals surface area contributed by atoms with Crippen LogP contribution in [0.1, 0.15) is 31.2 Å². The van der Waals surface area contributed by atoms with Gasteiger partial charge in [-0.3, -0.25) is 4.79 Å². The van der Waals surface area contributed by atoms with Crippen molar-refractivity contribution in [3.05, 3.63) is 11.8 Å². The van der Waals surface area contributed by atoms with Gasteiger partial charge in [0.1, 0.15) is 11.6 Å². The lowest BCUT2D eigenvalue weighted by Gasteiger charge is -2.38. The molecule has 1 saturated carbocycles. The van der Waals surface area contributed by atoms with Gasteiger partial charge in [-0.25, -0.2) is 9.97 Å². The molecule has 1 saturated heterocycles. The van der Waals surface area contributed by atoms with Crippen molar-refractivity contribution in [1.29, 1.82) is 5.26 Å². The van der Waals surface area contributed by atoms with E-state index in [1.54, 1.807) is 6.20 Å². The number of likely N-dealkylation sites (N-methyl/N-ethyl adjacent to an activating group) is 1. The number of carbonyl (C=O) groups excluding carboxylic acids is 1. The van der Waals surface area contributed by atoms with E-state index in [9.17, 15) is 10.1 Å². The predicted molar refractivity (Wildman–Crippen MR) is 89.3 cm³/mol. The van der Waals surface area contributed by atoms with Crippen molar-refractivity contribution in [3.8, 4) is 6.07 Å². The molecular weight excluding hydrogens is 310 g/mol. The average molecular weight is 331 g/mol. The Morgan fingerprint density at radius 3 is 2.91 bits per heavy atom. The van der Waals surface area contributed by atoms with E-state index in [2.05, 4.69) is 20.9 Å². The van der Waals surface area contributed by atoms with Crippen LogP contribution in [0.5, 0.6) is 0 Å². The molecule has 0 aromatic carbocycles. The molecule has 1 unspecified atom stereocenters. The van der Waals surface area contributed by atoms with Gasteiger partial charge >= 0.3 is 0 Å². The fourth-order valence-electron chi connectivity index (χ4n) is 3.04. The molecule has 6 nitrogen and oxygen atoms in total. The minimum absolute atomic E-state index is 0.191. The number of hydrogen-bond acceptors (Lipinski definition) is 6. The first-order valence-electron chi connectivity index (χ1n) is 7.96. The van der Waals surface area contributed by atoms with E-state index in [1.165, 1.54) is 11.8 Å². The van der Waals surface area contributed by atoms with Crippen molar-refractivity contribution in [2.75, 3.05) is 31.3 Å². The summed E-state index contributed by atoms with van der Waals surface area (Å²) in [5.41, 5.74) is 0.500. The van der Waals surface area contributed by atoms with Crippen molar-refractivity contribution in [1.82, 2.24) is 14.9 Å². The summed E-state index contributed by atoms with van der Waals surface area (Å²) in [6, 6.07) is 2.37. The zero-order chi connectivity index (χ0) is 16.4. The van der Waals surface area contributed by atoms with Gasteiger partial charge in [-0.15, -0.1) is 0 Å². The second-order valence-electron chi connectivity index (χ2n) is 6.17. The van der Waals surface area contributed by atoms with Gasteiger partial charge in [-0.2, -0.15) is 5.26 Å². The highest BCUT2D eigenvalue weighted by Gasteiger charge is 2.36. The Bertz CT molecular complexity index is 640. The summed E-state index contributed by atoms with van der Waals surface area (Å²) < 4.78 is 0. The molecule has 2 aliphatic rings. The van der Waals surface area contributed by atoms with Crippen LogP contribution >= 0.6 is 11.8 Å². The van der Waals surface area contributed by atoms with E-state index in [0.717, 1.165) is 38.8 Å². The molecule has 122 valence electrons. The van der Waals surface area contributed by atoms with Crippen molar-refractivity contribution < 1.29 is 4.79 Å². The number of amides is 1. The summed E-state index contributed by atoms with van der Waals surface area (Å²) in [5, 5.41) is 10.00. The van der Waals surface area contributed by atoms with Gasteiger partial charge in [0.25, 0.3) is 0 Å².